The molecule has 1 heterocycles. The van der Waals surface area contributed by atoms with Crippen molar-refractivity contribution in [2.45, 2.75) is 13.2 Å². The van der Waals surface area contributed by atoms with Gasteiger partial charge in [-0.15, -0.1) is 0 Å². The zero-order valence-corrected chi connectivity index (χ0v) is 12.4. The molecule has 8 heteroatoms. The molecule has 0 aliphatic rings. The summed E-state index contributed by atoms with van der Waals surface area (Å²) in [5.41, 5.74) is 0.853. The number of aliphatic carboxylic acids is 1. The first-order valence-electron chi connectivity index (χ1n) is 5.97. The van der Waals surface area contributed by atoms with Gasteiger partial charge in [-0.05, 0) is 21.5 Å². The number of benzene rings is 1. The van der Waals surface area contributed by atoms with Crippen molar-refractivity contribution in [2.75, 3.05) is 5.32 Å². The molecule has 0 unspecified atom stereocenters. The Morgan fingerprint density at radius 1 is 1.33 bits per heavy atom. The zero-order chi connectivity index (χ0) is 15.2. The normalized spacial score (nSPS) is 10.1. The molecule has 0 aliphatic heterocycles. The summed E-state index contributed by atoms with van der Waals surface area (Å²) in [5.74, 6) is -0.832. The van der Waals surface area contributed by atoms with E-state index < -0.39 is 12.1 Å². The van der Waals surface area contributed by atoms with Gasteiger partial charge in [-0.1, -0.05) is 30.3 Å². The van der Waals surface area contributed by atoms with Crippen molar-refractivity contribution in [1.29, 1.82) is 0 Å². The second kappa shape index (κ2) is 6.89. The summed E-state index contributed by atoms with van der Waals surface area (Å²) in [6.45, 7) is -0.239. The Kier molecular flexibility index (Phi) is 4.94. The lowest BCUT2D eigenvalue weighted by Crippen LogP contribution is -2.19. The fourth-order valence-corrected chi connectivity index (χ4v) is 1.99. The van der Waals surface area contributed by atoms with Gasteiger partial charge in [-0.3, -0.25) is 10.1 Å². The Morgan fingerprint density at radius 3 is 2.71 bits per heavy atom. The highest BCUT2D eigenvalue weighted by atomic mass is 79.9. The first kappa shape index (κ1) is 15.0. The third-order valence-corrected chi connectivity index (χ3v) is 3.09. The average Bonchev–Trinajstić information content (AvgIpc) is 2.78. The Balaban J connectivity index is 1.96. The number of amides is 1. The number of nitrogens with one attached hydrogen (secondary N) is 1. The summed E-state index contributed by atoms with van der Waals surface area (Å²) in [7, 11) is 0. The van der Waals surface area contributed by atoms with E-state index in [2.05, 4.69) is 26.3 Å². The van der Waals surface area contributed by atoms with Crippen LogP contribution in [0, 0.1) is 0 Å². The van der Waals surface area contributed by atoms with Gasteiger partial charge < -0.3 is 9.84 Å². The van der Waals surface area contributed by atoms with E-state index in [1.807, 2.05) is 30.3 Å². The van der Waals surface area contributed by atoms with E-state index >= 15 is 0 Å². The molecule has 0 atom stereocenters. The maximum atomic E-state index is 11.7. The molecule has 1 aromatic carbocycles. The van der Waals surface area contributed by atoms with Gasteiger partial charge in [0.05, 0.1) is 10.7 Å². The van der Waals surface area contributed by atoms with Crippen LogP contribution in [0.1, 0.15) is 5.56 Å². The van der Waals surface area contributed by atoms with Gasteiger partial charge in [-0.25, -0.2) is 9.48 Å². The van der Waals surface area contributed by atoms with Crippen molar-refractivity contribution >= 4 is 33.8 Å². The SMILES string of the molecule is O=C(O)Cn1ncc(Br)c1NC(=O)OCc1ccccc1. The Labute approximate surface area is 128 Å². The van der Waals surface area contributed by atoms with Crippen LogP contribution in [0.2, 0.25) is 0 Å². The fraction of sp³-hybridized carbons (Fsp3) is 0.154. The van der Waals surface area contributed by atoms with Crippen molar-refractivity contribution in [1.82, 2.24) is 9.78 Å². The summed E-state index contributed by atoms with van der Waals surface area (Å²) in [4.78, 5) is 22.4. The molecule has 0 radical (unpaired) electrons. The molecule has 0 saturated heterocycles. The topological polar surface area (TPSA) is 93.5 Å². The molecular formula is C13H12BrN3O4. The lowest BCUT2D eigenvalue weighted by atomic mass is 10.2. The third kappa shape index (κ3) is 4.32. The van der Waals surface area contributed by atoms with Crippen molar-refractivity contribution < 1.29 is 19.4 Å². The van der Waals surface area contributed by atoms with E-state index in [1.54, 1.807) is 0 Å². The van der Waals surface area contributed by atoms with Gasteiger partial charge >= 0.3 is 12.1 Å². The Bertz CT molecular complexity index is 642. The van der Waals surface area contributed by atoms with Gasteiger partial charge in [0.25, 0.3) is 0 Å². The quantitative estimate of drug-likeness (QED) is 0.861. The van der Waals surface area contributed by atoms with Gasteiger partial charge in [0, 0.05) is 0 Å². The summed E-state index contributed by atoms with van der Waals surface area (Å²) in [5, 5.41) is 15.1. The largest absolute Gasteiger partial charge is 0.480 e. The summed E-state index contributed by atoms with van der Waals surface area (Å²) in [6, 6.07) is 9.21. The number of rotatable bonds is 5. The minimum Gasteiger partial charge on any atom is -0.480 e. The minimum atomic E-state index is -1.06. The number of hydrogen-bond donors (Lipinski definition) is 2. The van der Waals surface area contributed by atoms with Crippen LogP contribution in [-0.4, -0.2) is 26.9 Å². The highest BCUT2D eigenvalue weighted by Gasteiger charge is 2.14. The fourth-order valence-electron chi connectivity index (χ4n) is 1.59. The van der Waals surface area contributed by atoms with E-state index in [0.717, 1.165) is 10.2 Å². The number of ether oxygens (including phenoxy) is 1. The first-order valence-corrected chi connectivity index (χ1v) is 6.76. The van der Waals surface area contributed by atoms with Crippen LogP contribution in [-0.2, 0) is 22.7 Å². The number of carboxylic acids is 1. The first-order chi connectivity index (χ1) is 10.1. The molecule has 1 aromatic heterocycles. The number of halogens is 1. The van der Waals surface area contributed by atoms with E-state index in [-0.39, 0.29) is 19.0 Å². The molecule has 2 rings (SSSR count). The highest BCUT2D eigenvalue weighted by Crippen LogP contribution is 2.21. The number of nitrogens with zero attached hydrogens (tertiary/aromatic N) is 2. The third-order valence-electron chi connectivity index (χ3n) is 2.51. The molecule has 21 heavy (non-hydrogen) atoms. The molecule has 2 N–H and O–H groups in total. The number of aromatic nitrogens is 2. The van der Waals surface area contributed by atoms with Crippen molar-refractivity contribution in [3.63, 3.8) is 0 Å². The van der Waals surface area contributed by atoms with E-state index in [0.29, 0.717) is 4.47 Å². The van der Waals surface area contributed by atoms with Crippen LogP contribution in [0.3, 0.4) is 0 Å². The van der Waals surface area contributed by atoms with Crippen molar-refractivity contribution in [3.8, 4) is 0 Å². The smallest absolute Gasteiger partial charge is 0.413 e. The summed E-state index contributed by atoms with van der Waals surface area (Å²) in [6.07, 6.45) is 0.710. The lowest BCUT2D eigenvalue weighted by molar-refractivity contribution is -0.137. The minimum absolute atomic E-state index is 0.122. The highest BCUT2D eigenvalue weighted by molar-refractivity contribution is 9.10. The van der Waals surface area contributed by atoms with Crippen LogP contribution >= 0.6 is 15.9 Å². The summed E-state index contributed by atoms with van der Waals surface area (Å²) >= 11 is 3.19. The molecular weight excluding hydrogens is 342 g/mol. The van der Waals surface area contributed by atoms with Crippen LogP contribution < -0.4 is 5.32 Å². The summed E-state index contributed by atoms with van der Waals surface area (Å²) < 4.78 is 6.68. The Morgan fingerprint density at radius 2 is 2.05 bits per heavy atom. The zero-order valence-electron chi connectivity index (χ0n) is 10.8. The maximum Gasteiger partial charge on any atom is 0.413 e. The van der Waals surface area contributed by atoms with Gasteiger partial charge in [0.2, 0.25) is 0 Å². The molecule has 7 nitrogen and oxygen atoms in total. The molecule has 0 spiro atoms. The number of carbonyl (C=O) groups excluding carboxylic acids is 1. The van der Waals surface area contributed by atoms with Gasteiger partial charge in [-0.2, -0.15) is 5.10 Å². The number of hydrogen-bond acceptors (Lipinski definition) is 4. The molecule has 0 aliphatic carbocycles. The molecule has 1 amide bonds. The second-order valence-electron chi connectivity index (χ2n) is 4.08. The number of anilines is 1. The molecule has 2 aromatic rings. The number of carbonyl (C=O) groups is 2. The Hall–Kier alpha value is -2.35. The molecule has 0 fully saturated rings. The van der Waals surface area contributed by atoms with Crippen molar-refractivity contribution in [3.05, 3.63) is 46.6 Å². The van der Waals surface area contributed by atoms with Crippen LogP contribution in [0.4, 0.5) is 10.6 Å². The number of carboxylic acid groups (broad SMARTS) is 1. The molecule has 0 bridgehead atoms. The van der Waals surface area contributed by atoms with Gasteiger partial charge in [0.15, 0.2) is 0 Å². The van der Waals surface area contributed by atoms with Gasteiger partial charge in [0.1, 0.15) is 19.0 Å². The maximum absolute atomic E-state index is 11.7. The molecule has 0 saturated carbocycles. The monoisotopic (exact) mass is 353 g/mol. The standard InChI is InChI=1S/C13H12BrN3O4/c14-10-6-15-17(7-11(18)19)12(10)16-13(20)21-8-9-4-2-1-3-5-9/h1-6H,7-8H2,(H,16,20)(H,18,19). The molecule has 110 valence electrons. The van der Waals surface area contributed by atoms with Crippen LogP contribution in [0.25, 0.3) is 0 Å². The predicted molar refractivity (Wildman–Crippen MR) is 77.8 cm³/mol. The van der Waals surface area contributed by atoms with E-state index in [1.165, 1.54) is 6.20 Å². The average molecular weight is 354 g/mol. The van der Waals surface area contributed by atoms with Crippen LogP contribution in [0.15, 0.2) is 41.0 Å². The second-order valence-corrected chi connectivity index (χ2v) is 4.93. The lowest BCUT2D eigenvalue weighted by Gasteiger charge is -2.09. The van der Waals surface area contributed by atoms with E-state index in [9.17, 15) is 9.59 Å². The van der Waals surface area contributed by atoms with E-state index in [4.69, 9.17) is 9.84 Å². The van der Waals surface area contributed by atoms with Crippen molar-refractivity contribution in [2.24, 2.45) is 0 Å². The predicted octanol–water partition coefficient (Wildman–Crippen LogP) is 2.48. The van der Waals surface area contributed by atoms with Crippen LogP contribution in [0.5, 0.6) is 0 Å².